The largest absolute Gasteiger partial charge is 0.497 e. The van der Waals surface area contributed by atoms with Crippen molar-refractivity contribution in [3.05, 3.63) is 41.0 Å². The summed E-state index contributed by atoms with van der Waals surface area (Å²) in [5.41, 5.74) is 1.08. The predicted octanol–water partition coefficient (Wildman–Crippen LogP) is 2.64. The van der Waals surface area contributed by atoms with Crippen LogP contribution in [-0.2, 0) is 10.2 Å². The minimum Gasteiger partial charge on any atom is -0.497 e. The number of aryl methyl sites for hydroxylation is 2. The number of ether oxygens (including phenoxy) is 1. The van der Waals surface area contributed by atoms with E-state index in [2.05, 4.69) is 15.5 Å². The van der Waals surface area contributed by atoms with Gasteiger partial charge in [-0.05, 0) is 56.4 Å². The molecule has 0 radical (unpaired) electrons. The zero-order chi connectivity index (χ0) is 22.3. The van der Waals surface area contributed by atoms with Gasteiger partial charge in [-0.1, -0.05) is 19.0 Å². The van der Waals surface area contributed by atoms with Gasteiger partial charge in [0.2, 0.25) is 11.8 Å². The molecule has 4 rings (SSSR count). The lowest BCUT2D eigenvalue weighted by Gasteiger charge is -2.26. The van der Waals surface area contributed by atoms with E-state index in [9.17, 15) is 9.59 Å². The summed E-state index contributed by atoms with van der Waals surface area (Å²) >= 11 is 0. The molecule has 2 aromatic rings. The molecule has 1 aliphatic heterocycles. The van der Waals surface area contributed by atoms with Gasteiger partial charge in [0.25, 0.3) is 5.91 Å². The number of hydrogen-bond donors (Lipinski definition) is 1. The molecule has 2 heterocycles. The Balaban J connectivity index is 1.55. The van der Waals surface area contributed by atoms with E-state index in [1.807, 2.05) is 31.7 Å². The minimum absolute atomic E-state index is 0.0255. The molecule has 1 saturated carbocycles. The van der Waals surface area contributed by atoms with Gasteiger partial charge < -0.3 is 19.5 Å². The monoisotopic (exact) mass is 426 g/mol. The van der Waals surface area contributed by atoms with Crippen LogP contribution >= 0.6 is 0 Å². The van der Waals surface area contributed by atoms with Crippen molar-refractivity contribution in [2.75, 3.05) is 20.2 Å². The Morgan fingerprint density at radius 1 is 1.32 bits per heavy atom. The number of nitrogens with one attached hydrogen (secondary N) is 1. The quantitative estimate of drug-likeness (QED) is 0.789. The molecule has 166 valence electrons. The first-order valence-electron chi connectivity index (χ1n) is 10.8. The molecule has 2 amide bonds. The maximum Gasteiger partial charge on any atom is 0.251 e. The number of amides is 2. The van der Waals surface area contributed by atoms with Gasteiger partial charge >= 0.3 is 0 Å². The molecular formula is C23H30N4O4. The average Bonchev–Trinajstić information content (AvgIpc) is 3.39. The summed E-state index contributed by atoms with van der Waals surface area (Å²) in [5, 5.41) is 7.19. The first-order valence-corrected chi connectivity index (χ1v) is 10.8. The summed E-state index contributed by atoms with van der Waals surface area (Å²) in [5.74, 6) is 2.03. The van der Waals surface area contributed by atoms with Gasteiger partial charge in [-0.15, -0.1) is 0 Å². The summed E-state index contributed by atoms with van der Waals surface area (Å²) in [6, 6.07) is 5.42. The molecule has 1 saturated heterocycles. The van der Waals surface area contributed by atoms with Crippen LogP contribution in [0.1, 0.15) is 54.3 Å². The number of methoxy groups -OCH3 is 1. The topological polar surface area (TPSA) is 97.6 Å². The lowest BCUT2D eigenvalue weighted by atomic mass is 9.80. The molecule has 8 nitrogen and oxygen atoms in total. The highest BCUT2D eigenvalue weighted by Crippen LogP contribution is 2.50. The maximum atomic E-state index is 13.0. The lowest BCUT2D eigenvalue weighted by Crippen LogP contribution is -2.40. The molecule has 1 aromatic heterocycles. The first-order chi connectivity index (χ1) is 14.7. The molecule has 1 N–H and O–H groups in total. The van der Waals surface area contributed by atoms with Crippen molar-refractivity contribution in [1.29, 1.82) is 0 Å². The van der Waals surface area contributed by atoms with Crippen LogP contribution in [0.2, 0.25) is 0 Å². The molecule has 31 heavy (non-hydrogen) atoms. The van der Waals surface area contributed by atoms with Crippen molar-refractivity contribution in [2.45, 2.75) is 52.0 Å². The SMILES string of the molecule is COc1ccc(C(=O)N[C@@H]2C[C@H]3CN(C(=O)C(C)C)C[C@@]3(c3nc(C)no3)C2)c(C)c1. The summed E-state index contributed by atoms with van der Waals surface area (Å²) < 4.78 is 10.8. The minimum atomic E-state index is -0.418. The van der Waals surface area contributed by atoms with Crippen molar-refractivity contribution in [3.8, 4) is 5.75 Å². The van der Waals surface area contributed by atoms with Gasteiger partial charge in [-0.3, -0.25) is 9.59 Å². The summed E-state index contributed by atoms with van der Waals surface area (Å²) in [6.07, 6.45) is 1.44. The van der Waals surface area contributed by atoms with Gasteiger partial charge in [0, 0.05) is 30.6 Å². The molecule has 0 spiro atoms. The molecule has 2 fully saturated rings. The number of carbonyl (C=O) groups excluding carboxylic acids is 2. The number of nitrogens with zero attached hydrogens (tertiary/aromatic N) is 3. The second-order valence-corrected chi connectivity index (χ2v) is 9.16. The van der Waals surface area contributed by atoms with E-state index < -0.39 is 5.41 Å². The number of likely N-dealkylation sites (tertiary alicyclic amines) is 1. The first kappa shape index (κ1) is 21.3. The van der Waals surface area contributed by atoms with Crippen molar-refractivity contribution < 1.29 is 18.8 Å². The zero-order valence-corrected chi connectivity index (χ0v) is 18.8. The number of hydrogen-bond acceptors (Lipinski definition) is 6. The molecule has 0 bridgehead atoms. The van der Waals surface area contributed by atoms with E-state index in [0.29, 0.717) is 36.8 Å². The summed E-state index contributed by atoms with van der Waals surface area (Å²) in [7, 11) is 1.61. The van der Waals surface area contributed by atoms with Gasteiger partial charge in [0.1, 0.15) is 5.75 Å². The third kappa shape index (κ3) is 3.79. The molecular weight excluding hydrogens is 396 g/mol. The zero-order valence-electron chi connectivity index (χ0n) is 18.8. The number of fused-ring (bicyclic) bond motifs is 1. The van der Waals surface area contributed by atoms with Crippen LogP contribution in [0.4, 0.5) is 0 Å². The van der Waals surface area contributed by atoms with Gasteiger partial charge in [-0.25, -0.2) is 0 Å². The highest BCUT2D eigenvalue weighted by Gasteiger charge is 2.58. The van der Waals surface area contributed by atoms with Crippen LogP contribution in [0, 0.1) is 25.7 Å². The van der Waals surface area contributed by atoms with Crippen LogP contribution in [0.5, 0.6) is 5.75 Å². The van der Waals surface area contributed by atoms with E-state index >= 15 is 0 Å². The Morgan fingerprint density at radius 2 is 2.10 bits per heavy atom. The Morgan fingerprint density at radius 3 is 2.71 bits per heavy atom. The van der Waals surface area contributed by atoms with E-state index in [1.54, 1.807) is 26.2 Å². The molecule has 3 atom stereocenters. The van der Waals surface area contributed by atoms with Crippen LogP contribution < -0.4 is 10.1 Å². The van der Waals surface area contributed by atoms with Crippen molar-refractivity contribution in [3.63, 3.8) is 0 Å². The van der Waals surface area contributed by atoms with Crippen molar-refractivity contribution in [1.82, 2.24) is 20.4 Å². The maximum absolute atomic E-state index is 13.0. The lowest BCUT2D eigenvalue weighted by molar-refractivity contribution is -0.133. The highest BCUT2D eigenvalue weighted by molar-refractivity contribution is 5.96. The van der Waals surface area contributed by atoms with Gasteiger partial charge in [0.15, 0.2) is 5.82 Å². The molecule has 0 unspecified atom stereocenters. The second kappa shape index (κ2) is 7.98. The van der Waals surface area contributed by atoms with Crippen molar-refractivity contribution in [2.24, 2.45) is 11.8 Å². The van der Waals surface area contributed by atoms with Gasteiger partial charge in [-0.2, -0.15) is 4.98 Å². The highest BCUT2D eigenvalue weighted by atomic mass is 16.5. The third-order valence-electron chi connectivity index (χ3n) is 6.65. The predicted molar refractivity (Wildman–Crippen MR) is 114 cm³/mol. The smallest absolute Gasteiger partial charge is 0.251 e. The Labute approximate surface area is 182 Å². The Hall–Kier alpha value is -2.90. The van der Waals surface area contributed by atoms with Crippen LogP contribution in [0.15, 0.2) is 22.7 Å². The third-order valence-corrected chi connectivity index (χ3v) is 6.65. The van der Waals surface area contributed by atoms with E-state index in [-0.39, 0.29) is 29.7 Å². The fourth-order valence-electron chi connectivity index (χ4n) is 5.13. The van der Waals surface area contributed by atoms with Crippen molar-refractivity contribution >= 4 is 11.8 Å². The molecule has 1 aliphatic carbocycles. The summed E-state index contributed by atoms with van der Waals surface area (Å²) in [6.45, 7) is 8.72. The van der Waals surface area contributed by atoms with E-state index in [0.717, 1.165) is 17.7 Å². The standard InChI is InChI=1S/C23H30N4O4/c1-13(2)21(29)27-11-16-9-17(10-23(16,12-27)22-24-15(4)26-31-22)25-20(28)19-7-6-18(30-5)8-14(19)3/h6-8,13,16-17H,9-12H2,1-5H3,(H,25,28)/t16-,17+,23-/m0/s1. The van der Waals surface area contributed by atoms with Gasteiger partial charge in [0.05, 0.1) is 12.5 Å². The number of carbonyl (C=O) groups is 2. The molecule has 8 heteroatoms. The van der Waals surface area contributed by atoms with Crippen LogP contribution in [0.3, 0.4) is 0 Å². The number of rotatable bonds is 5. The van der Waals surface area contributed by atoms with Crippen LogP contribution in [-0.4, -0.2) is 53.1 Å². The summed E-state index contributed by atoms with van der Waals surface area (Å²) in [4.78, 5) is 32.1. The fourth-order valence-corrected chi connectivity index (χ4v) is 5.13. The normalized spacial score (nSPS) is 25.0. The van der Waals surface area contributed by atoms with E-state index in [1.165, 1.54) is 0 Å². The number of aromatic nitrogens is 2. The van der Waals surface area contributed by atoms with Crippen LogP contribution in [0.25, 0.3) is 0 Å². The molecule has 1 aromatic carbocycles. The Bertz CT molecular complexity index is 1000. The number of benzene rings is 1. The van der Waals surface area contributed by atoms with E-state index in [4.69, 9.17) is 9.26 Å². The molecule has 2 aliphatic rings. The average molecular weight is 427 g/mol. The second-order valence-electron chi connectivity index (χ2n) is 9.16. The fraction of sp³-hybridized carbons (Fsp3) is 0.565. The Kier molecular flexibility index (Phi) is 5.49.